The van der Waals surface area contributed by atoms with E-state index in [2.05, 4.69) is 10.1 Å². The van der Waals surface area contributed by atoms with Gasteiger partial charge in [-0.1, -0.05) is 0 Å². The van der Waals surface area contributed by atoms with Crippen LogP contribution in [0.5, 0.6) is 0 Å². The summed E-state index contributed by atoms with van der Waals surface area (Å²) >= 11 is 0. The Hall–Kier alpha value is -2.18. The highest BCUT2D eigenvalue weighted by Gasteiger charge is 2.29. The predicted octanol–water partition coefficient (Wildman–Crippen LogP) is 3.29. The molecule has 2 aromatic heterocycles. The van der Waals surface area contributed by atoms with Crippen LogP contribution in [-0.2, 0) is 4.74 Å². The van der Waals surface area contributed by atoms with Crippen LogP contribution in [0, 0.1) is 12.7 Å². The van der Waals surface area contributed by atoms with Crippen LogP contribution in [0.2, 0.25) is 0 Å². The number of nitrogens with zero attached hydrogens (tertiary/aromatic N) is 4. The van der Waals surface area contributed by atoms with Gasteiger partial charge in [0.1, 0.15) is 11.9 Å². The monoisotopic (exact) mass is 334 g/mol. The van der Waals surface area contributed by atoms with Crippen molar-refractivity contribution in [1.29, 1.82) is 0 Å². The smallest absolute Gasteiger partial charge is 0.410 e. The highest BCUT2D eigenvalue weighted by Crippen LogP contribution is 2.32. The van der Waals surface area contributed by atoms with Crippen LogP contribution in [-0.4, -0.2) is 44.3 Å². The Balaban J connectivity index is 1.73. The maximum absolute atomic E-state index is 14.4. The zero-order valence-electron chi connectivity index (χ0n) is 14.5. The van der Waals surface area contributed by atoms with Crippen LogP contribution in [0.3, 0.4) is 0 Å². The number of likely N-dealkylation sites (tertiary alicyclic amines) is 1. The number of pyridine rings is 1. The fourth-order valence-electron chi connectivity index (χ4n) is 3.14. The molecule has 1 amide bonds. The molecule has 1 saturated heterocycles. The summed E-state index contributed by atoms with van der Waals surface area (Å²) < 4.78 is 21.3. The molecule has 1 aliphatic rings. The van der Waals surface area contributed by atoms with Gasteiger partial charge >= 0.3 is 6.09 Å². The minimum Gasteiger partial charge on any atom is -0.444 e. The molecule has 6 nitrogen and oxygen atoms in total. The Kier molecular flexibility index (Phi) is 4.19. The molecular weight excluding hydrogens is 311 g/mol. The van der Waals surface area contributed by atoms with E-state index >= 15 is 0 Å². The average molecular weight is 334 g/mol. The molecule has 0 aliphatic carbocycles. The third kappa shape index (κ3) is 3.20. The van der Waals surface area contributed by atoms with Crippen molar-refractivity contribution in [3.63, 3.8) is 0 Å². The van der Waals surface area contributed by atoms with Gasteiger partial charge in [0.05, 0.1) is 0 Å². The lowest BCUT2D eigenvalue weighted by molar-refractivity contribution is 0.0204. The van der Waals surface area contributed by atoms with E-state index in [4.69, 9.17) is 4.74 Å². The molecule has 0 unspecified atom stereocenters. The van der Waals surface area contributed by atoms with Gasteiger partial charge in [-0.05, 0) is 57.6 Å². The van der Waals surface area contributed by atoms with Crippen LogP contribution in [0.15, 0.2) is 12.5 Å². The number of amides is 1. The first-order chi connectivity index (χ1) is 11.3. The van der Waals surface area contributed by atoms with Crippen LogP contribution in [0.25, 0.3) is 5.65 Å². The minimum atomic E-state index is -0.494. The van der Waals surface area contributed by atoms with Crippen molar-refractivity contribution in [3.05, 3.63) is 29.5 Å². The molecular formula is C17H23FN4O2. The SMILES string of the molecule is Cc1c(C2CCN(C(=O)OC(C)(C)C)CC2)cn2ncnc2c1F. The number of hydrogen-bond acceptors (Lipinski definition) is 4. The van der Waals surface area contributed by atoms with Gasteiger partial charge < -0.3 is 9.64 Å². The van der Waals surface area contributed by atoms with E-state index < -0.39 is 5.60 Å². The zero-order valence-corrected chi connectivity index (χ0v) is 14.5. The summed E-state index contributed by atoms with van der Waals surface area (Å²) in [5.74, 6) is -0.119. The van der Waals surface area contributed by atoms with E-state index in [1.54, 1.807) is 11.8 Å². The van der Waals surface area contributed by atoms with Crippen LogP contribution in [0.4, 0.5) is 9.18 Å². The summed E-state index contributed by atoms with van der Waals surface area (Å²) in [5.41, 5.74) is 1.31. The Labute approximate surface area is 140 Å². The second-order valence-corrected chi connectivity index (χ2v) is 7.29. The van der Waals surface area contributed by atoms with Gasteiger partial charge in [-0.25, -0.2) is 18.7 Å². The summed E-state index contributed by atoms with van der Waals surface area (Å²) in [6, 6.07) is 0. The normalized spacial score (nSPS) is 16.6. The van der Waals surface area contributed by atoms with E-state index in [1.807, 2.05) is 27.0 Å². The second kappa shape index (κ2) is 6.03. The molecule has 1 aliphatic heterocycles. The van der Waals surface area contributed by atoms with E-state index in [1.165, 1.54) is 10.8 Å². The summed E-state index contributed by atoms with van der Waals surface area (Å²) in [6.07, 6.45) is 4.48. The van der Waals surface area contributed by atoms with Gasteiger partial charge in [0.2, 0.25) is 0 Å². The molecule has 0 radical (unpaired) electrons. The van der Waals surface area contributed by atoms with Crippen molar-refractivity contribution in [2.75, 3.05) is 13.1 Å². The number of carbonyl (C=O) groups excluding carboxylic acids is 1. The molecule has 0 saturated carbocycles. The maximum atomic E-state index is 14.4. The molecule has 0 bridgehead atoms. The minimum absolute atomic E-state index is 0.201. The molecule has 0 aromatic carbocycles. The van der Waals surface area contributed by atoms with Crippen molar-refractivity contribution >= 4 is 11.7 Å². The fraction of sp³-hybridized carbons (Fsp3) is 0.588. The molecule has 2 aromatic rings. The molecule has 7 heteroatoms. The van der Waals surface area contributed by atoms with E-state index in [-0.39, 0.29) is 23.5 Å². The van der Waals surface area contributed by atoms with Crippen LogP contribution in [0.1, 0.15) is 50.7 Å². The lowest BCUT2D eigenvalue weighted by Gasteiger charge is -2.34. The Morgan fingerprint density at radius 2 is 2.00 bits per heavy atom. The van der Waals surface area contributed by atoms with E-state index in [0.717, 1.165) is 18.4 Å². The number of halogens is 1. The Morgan fingerprint density at radius 3 is 2.62 bits per heavy atom. The molecule has 0 atom stereocenters. The zero-order chi connectivity index (χ0) is 17.5. The second-order valence-electron chi connectivity index (χ2n) is 7.29. The number of aromatic nitrogens is 3. The summed E-state index contributed by atoms with van der Waals surface area (Å²) in [5, 5.41) is 4.04. The number of ether oxygens (including phenoxy) is 1. The van der Waals surface area contributed by atoms with Crippen LogP contribution < -0.4 is 0 Å². The summed E-state index contributed by atoms with van der Waals surface area (Å²) in [7, 11) is 0. The Bertz CT molecular complexity index is 758. The topological polar surface area (TPSA) is 59.7 Å². The molecule has 130 valence electrons. The van der Waals surface area contributed by atoms with E-state index in [0.29, 0.717) is 18.7 Å². The highest BCUT2D eigenvalue weighted by atomic mass is 19.1. The number of piperidine rings is 1. The van der Waals surface area contributed by atoms with Crippen molar-refractivity contribution in [3.8, 4) is 0 Å². The van der Waals surface area contributed by atoms with Crippen molar-refractivity contribution < 1.29 is 13.9 Å². The lowest BCUT2D eigenvalue weighted by atomic mass is 9.88. The van der Waals surface area contributed by atoms with Crippen molar-refractivity contribution in [2.24, 2.45) is 0 Å². The molecule has 24 heavy (non-hydrogen) atoms. The first-order valence-corrected chi connectivity index (χ1v) is 8.22. The fourth-order valence-corrected chi connectivity index (χ4v) is 3.14. The number of fused-ring (bicyclic) bond motifs is 1. The molecule has 3 heterocycles. The highest BCUT2D eigenvalue weighted by molar-refractivity contribution is 5.68. The van der Waals surface area contributed by atoms with E-state index in [9.17, 15) is 9.18 Å². The molecule has 0 N–H and O–H groups in total. The quantitative estimate of drug-likeness (QED) is 0.803. The van der Waals surface area contributed by atoms with Gasteiger partial charge in [0.15, 0.2) is 11.5 Å². The lowest BCUT2D eigenvalue weighted by Crippen LogP contribution is -2.41. The first-order valence-electron chi connectivity index (χ1n) is 8.22. The predicted molar refractivity (Wildman–Crippen MR) is 87.5 cm³/mol. The average Bonchev–Trinajstić information content (AvgIpc) is 2.98. The molecule has 0 spiro atoms. The van der Waals surface area contributed by atoms with Gasteiger partial charge in [-0.2, -0.15) is 5.10 Å². The number of rotatable bonds is 1. The molecule has 1 fully saturated rings. The first kappa shape index (κ1) is 16.7. The standard InChI is InChI=1S/C17H23FN4O2/c1-11-13(9-22-15(14(11)18)19-10-20-22)12-5-7-21(8-6-12)16(23)24-17(2,3)4/h9-10,12H,5-8H2,1-4H3. The number of hydrogen-bond donors (Lipinski definition) is 0. The van der Waals surface area contributed by atoms with Crippen LogP contribution >= 0.6 is 0 Å². The third-order valence-electron chi connectivity index (χ3n) is 4.38. The Morgan fingerprint density at radius 1 is 1.33 bits per heavy atom. The van der Waals surface area contributed by atoms with Gasteiger partial charge in [-0.3, -0.25) is 0 Å². The van der Waals surface area contributed by atoms with Crippen molar-refractivity contribution in [2.45, 2.75) is 52.1 Å². The summed E-state index contributed by atoms with van der Waals surface area (Å²) in [4.78, 5) is 17.8. The van der Waals surface area contributed by atoms with Crippen molar-refractivity contribution in [1.82, 2.24) is 19.5 Å². The summed E-state index contributed by atoms with van der Waals surface area (Å²) in [6.45, 7) is 8.57. The third-order valence-corrected chi connectivity index (χ3v) is 4.38. The van der Waals surface area contributed by atoms with Gasteiger partial charge in [0.25, 0.3) is 0 Å². The van der Waals surface area contributed by atoms with Gasteiger partial charge in [-0.15, -0.1) is 0 Å². The maximum Gasteiger partial charge on any atom is 0.410 e. The number of carbonyl (C=O) groups is 1. The largest absolute Gasteiger partial charge is 0.444 e. The molecule has 3 rings (SSSR count). The van der Waals surface area contributed by atoms with Gasteiger partial charge in [0, 0.05) is 19.3 Å².